The summed E-state index contributed by atoms with van der Waals surface area (Å²) >= 11 is 0. The molecule has 1 aromatic heterocycles. The molecule has 0 fully saturated rings. The predicted molar refractivity (Wildman–Crippen MR) is 60.8 cm³/mol. The van der Waals surface area contributed by atoms with Gasteiger partial charge in [0.2, 0.25) is 0 Å². The highest BCUT2D eigenvalue weighted by Crippen LogP contribution is 2.26. The summed E-state index contributed by atoms with van der Waals surface area (Å²) in [7, 11) is 0. The van der Waals surface area contributed by atoms with Gasteiger partial charge in [0, 0.05) is 12.6 Å². The van der Waals surface area contributed by atoms with Gasteiger partial charge in [0.25, 0.3) is 5.88 Å². The van der Waals surface area contributed by atoms with E-state index in [2.05, 4.69) is 10.3 Å². The van der Waals surface area contributed by atoms with E-state index < -0.39 is 4.92 Å². The van der Waals surface area contributed by atoms with Crippen LogP contribution >= 0.6 is 0 Å². The van der Waals surface area contributed by atoms with E-state index in [-0.39, 0.29) is 11.6 Å². The number of hydrogen-bond acceptors (Lipinski definition) is 5. The summed E-state index contributed by atoms with van der Waals surface area (Å²) < 4.78 is 5.13. The third kappa shape index (κ3) is 3.08. The Kier molecular flexibility index (Phi) is 4.50. The van der Waals surface area contributed by atoms with Crippen LogP contribution in [-0.4, -0.2) is 23.1 Å². The molecule has 1 N–H and O–H groups in total. The maximum Gasteiger partial charge on any atom is 0.331 e. The second-order valence-corrected chi connectivity index (χ2v) is 3.14. The highest BCUT2D eigenvalue weighted by molar-refractivity contribution is 5.49. The maximum absolute atomic E-state index is 10.7. The standard InChI is InChI=1S/C10H15N3O3/c1-3-7-11-9-6-5-8(13(14)15)10(12-9)16-4-2/h5-6H,3-4,7H2,1-2H3,(H,11,12). The third-order valence-electron chi connectivity index (χ3n) is 1.87. The fourth-order valence-electron chi connectivity index (χ4n) is 1.17. The Balaban J connectivity index is 2.92. The SMILES string of the molecule is CCCNc1ccc([N+](=O)[O-])c(OCC)n1. The number of nitrogens with zero attached hydrogens (tertiary/aromatic N) is 2. The van der Waals surface area contributed by atoms with Gasteiger partial charge in [-0.3, -0.25) is 10.1 Å². The topological polar surface area (TPSA) is 77.3 Å². The van der Waals surface area contributed by atoms with Crippen molar-refractivity contribution in [2.75, 3.05) is 18.5 Å². The molecule has 0 unspecified atom stereocenters. The van der Waals surface area contributed by atoms with Crippen molar-refractivity contribution in [3.8, 4) is 5.88 Å². The van der Waals surface area contributed by atoms with Gasteiger partial charge in [-0.2, -0.15) is 4.98 Å². The predicted octanol–water partition coefficient (Wildman–Crippen LogP) is 2.21. The molecule has 0 spiro atoms. The lowest BCUT2D eigenvalue weighted by Gasteiger charge is -2.07. The van der Waals surface area contributed by atoms with E-state index in [9.17, 15) is 10.1 Å². The van der Waals surface area contributed by atoms with Crippen LogP contribution < -0.4 is 10.1 Å². The first kappa shape index (κ1) is 12.2. The van der Waals surface area contributed by atoms with Crippen molar-refractivity contribution < 1.29 is 9.66 Å². The molecule has 0 aliphatic rings. The molecule has 0 atom stereocenters. The summed E-state index contributed by atoms with van der Waals surface area (Å²) in [5.74, 6) is 0.657. The molecular formula is C10H15N3O3. The van der Waals surface area contributed by atoms with Crippen LogP contribution in [0.3, 0.4) is 0 Å². The van der Waals surface area contributed by atoms with Gasteiger partial charge in [0.15, 0.2) is 0 Å². The second kappa shape index (κ2) is 5.89. The minimum absolute atomic E-state index is 0.0635. The normalized spacial score (nSPS) is 9.88. The molecule has 88 valence electrons. The molecule has 6 heteroatoms. The summed E-state index contributed by atoms with van der Waals surface area (Å²) in [5, 5.41) is 13.7. The van der Waals surface area contributed by atoms with Gasteiger partial charge in [-0.25, -0.2) is 0 Å². The first-order valence-electron chi connectivity index (χ1n) is 5.21. The Bertz CT molecular complexity index is 368. The largest absolute Gasteiger partial charge is 0.473 e. The third-order valence-corrected chi connectivity index (χ3v) is 1.87. The molecule has 0 saturated heterocycles. The lowest BCUT2D eigenvalue weighted by molar-refractivity contribution is -0.386. The highest BCUT2D eigenvalue weighted by Gasteiger charge is 2.16. The quantitative estimate of drug-likeness (QED) is 0.593. The molecule has 1 aromatic rings. The molecular weight excluding hydrogens is 210 g/mol. The van der Waals surface area contributed by atoms with E-state index >= 15 is 0 Å². The summed E-state index contributed by atoms with van der Waals surface area (Å²) in [5.41, 5.74) is -0.108. The van der Waals surface area contributed by atoms with Crippen LogP contribution in [0, 0.1) is 10.1 Å². The fourth-order valence-corrected chi connectivity index (χ4v) is 1.17. The highest BCUT2D eigenvalue weighted by atomic mass is 16.6. The monoisotopic (exact) mass is 225 g/mol. The van der Waals surface area contributed by atoms with Crippen LogP contribution in [0.15, 0.2) is 12.1 Å². The molecule has 1 rings (SSSR count). The molecule has 0 saturated carbocycles. The molecule has 0 aromatic carbocycles. The Morgan fingerprint density at radius 3 is 2.81 bits per heavy atom. The van der Waals surface area contributed by atoms with Crippen LogP contribution in [-0.2, 0) is 0 Å². The number of rotatable bonds is 6. The van der Waals surface area contributed by atoms with Gasteiger partial charge in [-0.1, -0.05) is 6.92 Å². The first-order valence-corrected chi connectivity index (χ1v) is 5.21. The van der Waals surface area contributed by atoms with Crippen molar-refractivity contribution >= 4 is 11.5 Å². The molecule has 0 amide bonds. The van der Waals surface area contributed by atoms with E-state index in [1.165, 1.54) is 6.07 Å². The average Bonchev–Trinajstić information content (AvgIpc) is 2.26. The minimum atomic E-state index is -0.498. The molecule has 6 nitrogen and oxygen atoms in total. The molecule has 0 aliphatic heterocycles. The number of anilines is 1. The van der Waals surface area contributed by atoms with Crippen molar-refractivity contribution in [2.45, 2.75) is 20.3 Å². The van der Waals surface area contributed by atoms with Crippen molar-refractivity contribution in [1.82, 2.24) is 4.98 Å². The lowest BCUT2D eigenvalue weighted by atomic mass is 10.4. The summed E-state index contributed by atoms with van der Waals surface area (Å²) in [6, 6.07) is 2.98. The Morgan fingerprint density at radius 2 is 2.25 bits per heavy atom. The van der Waals surface area contributed by atoms with E-state index in [4.69, 9.17) is 4.74 Å². The second-order valence-electron chi connectivity index (χ2n) is 3.14. The van der Waals surface area contributed by atoms with Gasteiger partial charge < -0.3 is 10.1 Å². The van der Waals surface area contributed by atoms with Crippen LogP contribution in [0.5, 0.6) is 5.88 Å². The zero-order chi connectivity index (χ0) is 12.0. The zero-order valence-electron chi connectivity index (χ0n) is 9.40. The summed E-state index contributed by atoms with van der Waals surface area (Å²) in [4.78, 5) is 14.2. The zero-order valence-corrected chi connectivity index (χ0v) is 9.40. The van der Waals surface area contributed by atoms with Crippen molar-refractivity contribution in [1.29, 1.82) is 0 Å². The van der Waals surface area contributed by atoms with Gasteiger partial charge >= 0.3 is 5.69 Å². The van der Waals surface area contributed by atoms with Gasteiger partial charge in [-0.05, 0) is 19.4 Å². The van der Waals surface area contributed by atoms with Crippen molar-refractivity contribution in [3.63, 3.8) is 0 Å². The van der Waals surface area contributed by atoms with Crippen LogP contribution in [0.1, 0.15) is 20.3 Å². The van der Waals surface area contributed by atoms with E-state index in [0.29, 0.717) is 12.4 Å². The number of pyridine rings is 1. The number of aromatic nitrogens is 1. The maximum atomic E-state index is 10.7. The van der Waals surface area contributed by atoms with E-state index in [0.717, 1.165) is 13.0 Å². The van der Waals surface area contributed by atoms with E-state index in [1.54, 1.807) is 13.0 Å². The first-order chi connectivity index (χ1) is 7.69. The van der Waals surface area contributed by atoms with Crippen LogP contribution in [0.25, 0.3) is 0 Å². The smallest absolute Gasteiger partial charge is 0.331 e. The summed E-state index contributed by atoms with van der Waals surface area (Å²) in [6.45, 7) is 4.92. The Hall–Kier alpha value is -1.85. The number of ether oxygens (including phenoxy) is 1. The van der Waals surface area contributed by atoms with Crippen molar-refractivity contribution in [3.05, 3.63) is 22.2 Å². The molecule has 1 heterocycles. The van der Waals surface area contributed by atoms with Crippen molar-refractivity contribution in [2.24, 2.45) is 0 Å². The van der Waals surface area contributed by atoms with Gasteiger partial charge in [-0.15, -0.1) is 0 Å². The number of nitrogens with one attached hydrogen (secondary N) is 1. The Labute approximate surface area is 93.8 Å². The number of nitro groups is 1. The lowest BCUT2D eigenvalue weighted by Crippen LogP contribution is -2.05. The molecule has 0 radical (unpaired) electrons. The average molecular weight is 225 g/mol. The van der Waals surface area contributed by atoms with Crippen LogP contribution in [0.4, 0.5) is 11.5 Å². The molecule has 16 heavy (non-hydrogen) atoms. The van der Waals surface area contributed by atoms with Gasteiger partial charge in [0.05, 0.1) is 11.5 Å². The number of hydrogen-bond donors (Lipinski definition) is 1. The van der Waals surface area contributed by atoms with Crippen LogP contribution in [0.2, 0.25) is 0 Å². The molecule has 0 aliphatic carbocycles. The minimum Gasteiger partial charge on any atom is -0.473 e. The van der Waals surface area contributed by atoms with E-state index in [1.807, 2.05) is 6.92 Å². The molecule has 0 bridgehead atoms. The van der Waals surface area contributed by atoms with Gasteiger partial charge in [0.1, 0.15) is 5.82 Å². The Morgan fingerprint density at radius 1 is 1.50 bits per heavy atom. The summed E-state index contributed by atoms with van der Waals surface area (Å²) in [6.07, 6.45) is 0.961. The fraction of sp³-hybridized carbons (Fsp3) is 0.500.